The molecular weight excluding hydrogens is 258 g/mol. The average molecular weight is 281 g/mol. The zero-order valence-electron chi connectivity index (χ0n) is 12.1. The topological polar surface area (TPSA) is 76.8 Å². The Bertz CT molecular complexity index is 412. The van der Waals surface area contributed by atoms with E-state index < -0.39 is 0 Å². The number of nitrogens with two attached hydrogens (primary N) is 1. The maximum Gasteiger partial charge on any atom is 0.265 e. The van der Waals surface area contributed by atoms with Crippen LogP contribution in [0, 0.1) is 0 Å². The lowest BCUT2D eigenvalue weighted by Gasteiger charge is -2.19. The van der Waals surface area contributed by atoms with Crippen LogP contribution in [-0.4, -0.2) is 50.8 Å². The molecule has 20 heavy (non-hydrogen) atoms. The van der Waals surface area contributed by atoms with Crippen LogP contribution in [0.25, 0.3) is 0 Å². The predicted octanol–water partition coefficient (Wildman–Crippen LogP) is 0.637. The Morgan fingerprint density at radius 3 is 2.75 bits per heavy atom. The fourth-order valence-corrected chi connectivity index (χ4v) is 1.75. The average Bonchev–Trinajstić information content (AvgIpc) is 2.50. The molecule has 0 aliphatic rings. The number of nitrogen functional groups attached to an aromatic ring is 1. The minimum absolute atomic E-state index is 0.328. The van der Waals surface area contributed by atoms with Gasteiger partial charge in [-0.1, -0.05) is 13.0 Å². The van der Waals surface area contributed by atoms with Crippen LogP contribution in [0.15, 0.2) is 24.3 Å². The molecular formula is C14H23N3O3. The standard InChI is InChI=1S/C14H23N3O3/c1-3-17(7-9-19-2)8-10-20-13-6-4-5-12(11-13)14(18)16-15/h4-6,11H,3,7-10,15H2,1-2H3,(H,16,18). The van der Waals surface area contributed by atoms with E-state index in [0.717, 1.165) is 19.6 Å². The number of hydrazine groups is 1. The quantitative estimate of drug-likeness (QED) is 0.394. The lowest BCUT2D eigenvalue weighted by atomic mass is 10.2. The smallest absolute Gasteiger partial charge is 0.265 e. The molecule has 0 bridgehead atoms. The Balaban J connectivity index is 2.43. The zero-order chi connectivity index (χ0) is 14.8. The maximum absolute atomic E-state index is 11.4. The summed E-state index contributed by atoms with van der Waals surface area (Å²) in [5.74, 6) is 5.43. The number of nitrogens with one attached hydrogen (secondary N) is 1. The van der Waals surface area contributed by atoms with Crippen molar-refractivity contribution in [3.05, 3.63) is 29.8 Å². The molecule has 0 spiro atoms. The van der Waals surface area contributed by atoms with Crippen molar-refractivity contribution in [3.8, 4) is 5.75 Å². The number of rotatable bonds is 9. The van der Waals surface area contributed by atoms with Crippen molar-refractivity contribution in [2.45, 2.75) is 6.92 Å². The molecule has 6 nitrogen and oxygen atoms in total. The van der Waals surface area contributed by atoms with Crippen molar-refractivity contribution in [2.24, 2.45) is 5.84 Å². The largest absolute Gasteiger partial charge is 0.492 e. The number of carbonyl (C=O) groups excluding carboxylic acids is 1. The first-order valence-electron chi connectivity index (χ1n) is 6.66. The van der Waals surface area contributed by atoms with E-state index in [9.17, 15) is 4.79 Å². The van der Waals surface area contributed by atoms with E-state index in [0.29, 0.717) is 24.5 Å². The summed E-state index contributed by atoms with van der Waals surface area (Å²) in [6.07, 6.45) is 0. The van der Waals surface area contributed by atoms with Crippen LogP contribution < -0.4 is 16.0 Å². The lowest BCUT2D eigenvalue weighted by molar-refractivity contribution is 0.0953. The van der Waals surface area contributed by atoms with E-state index >= 15 is 0 Å². The first-order chi connectivity index (χ1) is 9.71. The summed E-state index contributed by atoms with van der Waals surface area (Å²) in [5, 5.41) is 0. The summed E-state index contributed by atoms with van der Waals surface area (Å²) < 4.78 is 10.7. The first-order valence-corrected chi connectivity index (χ1v) is 6.66. The number of methoxy groups -OCH3 is 1. The van der Waals surface area contributed by atoms with Gasteiger partial charge in [0.15, 0.2) is 0 Å². The molecule has 1 aromatic carbocycles. The van der Waals surface area contributed by atoms with Gasteiger partial charge in [-0.2, -0.15) is 0 Å². The number of amides is 1. The highest BCUT2D eigenvalue weighted by molar-refractivity contribution is 5.94. The number of hydrogen-bond acceptors (Lipinski definition) is 5. The highest BCUT2D eigenvalue weighted by atomic mass is 16.5. The van der Waals surface area contributed by atoms with Crippen molar-refractivity contribution in [1.29, 1.82) is 0 Å². The third-order valence-electron chi connectivity index (χ3n) is 2.96. The number of nitrogens with zero attached hydrogens (tertiary/aromatic N) is 1. The second-order valence-corrected chi connectivity index (χ2v) is 4.28. The molecule has 0 heterocycles. The molecule has 6 heteroatoms. The monoisotopic (exact) mass is 281 g/mol. The van der Waals surface area contributed by atoms with Gasteiger partial charge in [0.05, 0.1) is 6.61 Å². The third-order valence-corrected chi connectivity index (χ3v) is 2.96. The number of hydrogen-bond donors (Lipinski definition) is 2. The molecule has 0 unspecified atom stereocenters. The van der Waals surface area contributed by atoms with Gasteiger partial charge in [0, 0.05) is 25.8 Å². The summed E-state index contributed by atoms with van der Waals surface area (Å²) in [7, 11) is 1.69. The van der Waals surface area contributed by atoms with Crippen molar-refractivity contribution in [2.75, 3.05) is 40.0 Å². The third kappa shape index (κ3) is 5.56. The maximum atomic E-state index is 11.4. The van der Waals surface area contributed by atoms with Gasteiger partial charge in [-0.15, -0.1) is 0 Å². The molecule has 0 fully saturated rings. The molecule has 0 atom stereocenters. The molecule has 1 rings (SSSR count). The van der Waals surface area contributed by atoms with E-state index in [1.54, 1.807) is 25.3 Å². The Labute approximate surface area is 119 Å². The molecule has 1 amide bonds. The summed E-state index contributed by atoms with van der Waals surface area (Å²) in [6, 6.07) is 6.95. The number of benzene rings is 1. The highest BCUT2D eigenvalue weighted by Gasteiger charge is 2.05. The second-order valence-electron chi connectivity index (χ2n) is 4.28. The minimum atomic E-state index is -0.328. The summed E-state index contributed by atoms with van der Waals surface area (Å²) >= 11 is 0. The van der Waals surface area contributed by atoms with Crippen LogP contribution in [-0.2, 0) is 4.74 Å². The van der Waals surface area contributed by atoms with Crippen molar-refractivity contribution >= 4 is 5.91 Å². The van der Waals surface area contributed by atoms with Gasteiger partial charge in [0.2, 0.25) is 0 Å². The zero-order valence-corrected chi connectivity index (χ0v) is 12.1. The van der Waals surface area contributed by atoms with Gasteiger partial charge in [-0.25, -0.2) is 5.84 Å². The number of carbonyl (C=O) groups is 1. The van der Waals surface area contributed by atoms with Gasteiger partial charge in [0.1, 0.15) is 12.4 Å². The van der Waals surface area contributed by atoms with Crippen LogP contribution in [0.2, 0.25) is 0 Å². The fourth-order valence-electron chi connectivity index (χ4n) is 1.75. The predicted molar refractivity (Wildman–Crippen MR) is 77.6 cm³/mol. The molecule has 0 aliphatic heterocycles. The summed E-state index contributed by atoms with van der Waals surface area (Å²) in [4.78, 5) is 13.6. The van der Waals surface area contributed by atoms with Gasteiger partial charge in [0.25, 0.3) is 5.91 Å². The van der Waals surface area contributed by atoms with Crippen LogP contribution in [0.4, 0.5) is 0 Å². The molecule has 112 valence electrons. The molecule has 0 radical (unpaired) electrons. The van der Waals surface area contributed by atoms with E-state index in [1.165, 1.54) is 0 Å². The Hall–Kier alpha value is -1.63. The Morgan fingerprint density at radius 2 is 2.10 bits per heavy atom. The molecule has 0 aromatic heterocycles. The summed E-state index contributed by atoms with van der Waals surface area (Å²) in [6.45, 7) is 6.01. The van der Waals surface area contributed by atoms with Gasteiger partial charge in [-0.3, -0.25) is 15.1 Å². The van der Waals surface area contributed by atoms with E-state index in [1.807, 2.05) is 6.07 Å². The number of ether oxygens (including phenoxy) is 2. The van der Waals surface area contributed by atoms with Gasteiger partial charge in [-0.05, 0) is 24.7 Å². The minimum Gasteiger partial charge on any atom is -0.492 e. The molecule has 0 saturated heterocycles. The Morgan fingerprint density at radius 1 is 1.35 bits per heavy atom. The second kappa shape index (κ2) is 9.30. The lowest BCUT2D eigenvalue weighted by Crippen LogP contribution is -2.31. The fraction of sp³-hybridized carbons (Fsp3) is 0.500. The molecule has 0 aliphatic carbocycles. The van der Waals surface area contributed by atoms with E-state index in [-0.39, 0.29) is 5.91 Å². The molecule has 1 aromatic rings. The first kappa shape index (κ1) is 16.4. The SMILES string of the molecule is CCN(CCOC)CCOc1cccc(C(=O)NN)c1. The Kier molecular flexibility index (Phi) is 7.64. The normalized spacial score (nSPS) is 10.6. The molecule has 0 saturated carbocycles. The van der Waals surface area contributed by atoms with E-state index in [2.05, 4.69) is 17.2 Å². The number of likely N-dealkylation sites (N-methyl/N-ethyl adjacent to an activating group) is 1. The molecule has 3 N–H and O–H groups in total. The van der Waals surface area contributed by atoms with Gasteiger partial charge >= 0.3 is 0 Å². The highest BCUT2D eigenvalue weighted by Crippen LogP contribution is 2.13. The van der Waals surface area contributed by atoms with Crippen LogP contribution in [0.5, 0.6) is 5.75 Å². The van der Waals surface area contributed by atoms with Crippen LogP contribution in [0.3, 0.4) is 0 Å². The van der Waals surface area contributed by atoms with Crippen molar-refractivity contribution in [1.82, 2.24) is 10.3 Å². The van der Waals surface area contributed by atoms with E-state index in [4.69, 9.17) is 15.3 Å². The van der Waals surface area contributed by atoms with Crippen LogP contribution in [0.1, 0.15) is 17.3 Å². The van der Waals surface area contributed by atoms with Crippen molar-refractivity contribution < 1.29 is 14.3 Å². The van der Waals surface area contributed by atoms with Crippen molar-refractivity contribution in [3.63, 3.8) is 0 Å². The summed E-state index contributed by atoms with van der Waals surface area (Å²) in [5.41, 5.74) is 2.58. The van der Waals surface area contributed by atoms with Crippen LogP contribution >= 0.6 is 0 Å². The van der Waals surface area contributed by atoms with Gasteiger partial charge < -0.3 is 9.47 Å².